The molecule has 0 saturated heterocycles. The van der Waals surface area contributed by atoms with Gasteiger partial charge in [0.2, 0.25) is 0 Å². The molecule has 0 spiro atoms. The van der Waals surface area contributed by atoms with E-state index in [0.717, 1.165) is 9.79 Å². The number of hydrogen-bond donors (Lipinski definition) is 0. The lowest BCUT2D eigenvalue weighted by atomic mass is 10.1. The fourth-order valence-corrected chi connectivity index (χ4v) is 2.97. The van der Waals surface area contributed by atoms with Gasteiger partial charge in [-0.1, -0.05) is 24.3 Å². The van der Waals surface area contributed by atoms with Crippen LogP contribution in [0.15, 0.2) is 46.2 Å². The number of hydrogen-bond acceptors (Lipinski definition) is 1. The molecule has 0 aliphatic carbocycles. The van der Waals surface area contributed by atoms with Crippen molar-refractivity contribution in [3.8, 4) is 0 Å². The van der Waals surface area contributed by atoms with Crippen LogP contribution in [0, 0.1) is 0 Å². The Balaban J connectivity index is 2.62. The van der Waals surface area contributed by atoms with E-state index in [4.69, 9.17) is 0 Å². The highest BCUT2D eigenvalue weighted by Crippen LogP contribution is 2.38. The molecule has 3 rings (SSSR count). The van der Waals surface area contributed by atoms with Gasteiger partial charge in [-0.15, -0.1) is 0 Å². The summed E-state index contributed by atoms with van der Waals surface area (Å²) in [5, 5.41) is 2.39. The van der Waals surface area contributed by atoms with Crippen LogP contribution in [0.25, 0.3) is 10.8 Å². The predicted octanol–water partition coefficient (Wildman–Crippen LogP) is 2.32. The third-order valence-electron chi connectivity index (χ3n) is 2.23. The molecular weight excluding hydrogens is 168 g/mol. The van der Waals surface area contributed by atoms with E-state index in [1.54, 1.807) is 0 Å². The van der Waals surface area contributed by atoms with Crippen LogP contribution in [0.4, 0.5) is 0 Å². The molecule has 0 amide bonds. The second kappa shape index (κ2) is 1.96. The lowest BCUT2D eigenvalue weighted by molar-refractivity contribution is 0.681. The second-order valence-electron chi connectivity index (χ2n) is 2.88. The minimum Gasteiger partial charge on any atom is -0.249 e. The summed E-state index contributed by atoms with van der Waals surface area (Å²) in [6, 6.07) is 11.9. The van der Waals surface area contributed by atoms with E-state index in [9.17, 15) is 4.21 Å². The van der Waals surface area contributed by atoms with Crippen LogP contribution in [0.3, 0.4) is 0 Å². The number of rotatable bonds is 0. The Morgan fingerprint density at radius 3 is 2.08 bits per heavy atom. The van der Waals surface area contributed by atoms with Crippen LogP contribution in [0.2, 0.25) is 0 Å². The molecule has 58 valence electrons. The van der Waals surface area contributed by atoms with E-state index in [1.807, 2.05) is 24.3 Å². The molecule has 0 aromatic heterocycles. The van der Waals surface area contributed by atoms with Gasteiger partial charge in [0.1, 0.15) is 0 Å². The molecule has 0 saturated carbocycles. The normalized spacial score (nSPS) is 14.7. The maximum absolute atomic E-state index is 11.5. The summed E-state index contributed by atoms with van der Waals surface area (Å²) in [4.78, 5) is 1.98. The van der Waals surface area contributed by atoms with Gasteiger partial charge in [-0.3, -0.25) is 0 Å². The molecule has 1 aliphatic rings. The average molecular weight is 174 g/mol. The van der Waals surface area contributed by atoms with E-state index >= 15 is 0 Å². The Morgan fingerprint density at radius 1 is 0.917 bits per heavy atom. The highest BCUT2D eigenvalue weighted by Gasteiger charge is 2.23. The Kier molecular flexibility index (Phi) is 1.04. The molecule has 1 nitrogen and oxygen atoms in total. The van der Waals surface area contributed by atoms with Crippen molar-refractivity contribution in [3.63, 3.8) is 0 Å². The lowest BCUT2D eigenvalue weighted by Gasteiger charge is -2.18. The van der Waals surface area contributed by atoms with Crippen molar-refractivity contribution in [2.75, 3.05) is 0 Å². The first-order valence-electron chi connectivity index (χ1n) is 3.81. The molecule has 0 fully saturated rings. The summed E-state index contributed by atoms with van der Waals surface area (Å²) in [5.41, 5.74) is 0. The minimum absolute atomic E-state index is 0.854. The standard InChI is InChI=1S/C10H6OS/c11-12-8-5-1-3-7-4-2-6-9(12)10(7)8/h1-6H. The molecule has 1 heterocycles. The van der Waals surface area contributed by atoms with Crippen LogP contribution >= 0.6 is 0 Å². The van der Waals surface area contributed by atoms with Gasteiger partial charge in [-0.2, -0.15) is 0 Å². The van der Waals surface area contributed by atoms with Crippen molar-refractivity contribution < 1.29 is 4.21 Å². The molecule has 2 aromatic carbocycles. The highest BCUT2D eigenvalue weighted by molar-refractivity contribution is 7.87. The maximum atomic E-state index is 11.5. The highest BCUT2D eigenvalue weighted by atomic mass is 32.2. The maximum Gasteiger partial charge on any atom is 0.0863 e. The van der Waals surface area contributed by atoms with Crippen molar-refractivity contribution in [1.29, 1.82) is 0 Å². The molecule has 0 bridgehead atoms. The predicted molar refractivity (Wildman–Crippen MR) is 48.6 cm³/mol. The second-order valence-corrected chi connectivity index (χ2v) is 4.30. The third kappa shape index (κ3) is 0.573. The van der Waals surface area contributed by atoms with Crippen LogP contribution in [-0.4, -0.2) is 4.21 Å². The minimum atomic E-state index is -0.854. The lowest BCUT2D eigenvalue weighted by Crippen LogP contribution is -2.05. The summed E-state index contributed by atoms with van der Waals surface area (Å²) in [7, 11) is -0.854. The Hall–Kier alpha value is -1.15. The molecule has 12 heavy (non-hydrogen) atoms. The molecule has 0 N–H and O–H groups in total. The van der Waals surface area contributed by atoms with Crippen molar-refractivity contribution in [2.24, 2.45) is 0 Å². The van der Waals surface area contributed by atoms with Crippen molar-refractivity contribution in [3.05, 3.63) is 36.4 Å². The molecule has 0 radical (unpaired) electrons. The Labute approximate surface area is 72.5 Å². The zero-order valence-electron chi connectivity index (χ0n) is 6.28. The quantitative estimate of drug-likeness (QED) is 0.511. The molecular formula is C10H6OS. The van der Waals surface area contributed by atoms with Crippen LogP contribution in [0.5, 0.6) is 0 Å². The molecule has 0 unspecified atom stereocenters. The zero-order chi connectivity index (χ0) is 8.13. The largest absolute Gasteiger partial charge is 0.249 e. The van der Waals surface area contributed by atoms with E-state index in [-0.39, 0.29) is 0 Å². The van der Waals surface area contributed by atoms with Gasteiger partial charge < -0.3 is 0 Å². The summed E-state index contributed by atoms with van der Waals surface area (Å²) in [6.45, 7) is 0. The number of benzene rings is 2. The first-order chi connectivity index (χ1) is 5.88. The molecule has 1 aliphatic heterocycles. The van der Waals surface area contributed by atoms with Gasteiger partial charge in [0.25, 0.3) is 0 Å². The van der Waals surface area contributed by atoms with Crippen molar-refractivity contribution in [1.82, 2.24) is 0 Å². The van der Waals surface area contributed by atoms with Crippen LogP contribution in [-0.2, 0) is 10.8 Å². The molecule has 2 aromatic rings. The summed E-state index contributed by atoms with van der Waals surface area (Å²) in [5.74, 6) is 0. The van der Waals surface area contributed by atoms with E-state index in [0.29, 0.717) is 0 Å². The molecule has 0 atom stereocenters. The van der Waals surface area contributed by atoms with Gasteiger partial charge in [0, 0.05) is 5.39 Å². The van der Waals surface area contributed by atoms with Gasteiger partial charge in [0.15, 0.2) is 0 Å². The smallest absolute Gasteiger partial charge is 0.0863 e. The zero-order valence-corrected chi connectivity index (χ0v) is 7.10. The van der Waals surface area contributed by atoms with E-state index in [1.165, 1.54) is 10.8 Å². The summed E-state index contributed by atoms with van der Waals surface area (Å²) < 4.78 is 11.5. The Bertz CT molecular complexity index is 461. The third-order valence-corrected chi connectivity index (χ3v) is 3.71. The van der Waals surface area contributed by atoms with Crippen molar-refractivity contribution in [2.45, 2.75) is 9.79 Å². The average Bonchev–Trinajstić information content (AvgIpc) is 2.16. The van der Waals surface area contributed by atoms with Gasteiger partial charge in [0.05, 0.1) is 20.6 Å². The van der Waals surface area contributed by atoms with Crippen molar-refractivity contribution >= 4 is 21.6 Å². The topological polar surface area (TPSA) is 17.1 Å². The first kappa shape index (κ1) is 6.38. The first-order valence-corrected chi connectivity index (χ1v) is 4.96. The summed E-state index contributed by atoms with van der Waals surface area (Å²) >= 11 is 0. The van der Waals surface area contributed by atoms with Gasteiger partial charge in [-0.05, 0) is 17.5 Å². The monoisotopic (exact) mass is 174 g/mol. The van der Waals surface area contributed by atoms with Crippen LogP contribution < -0.4 is 0 Å². The van der Waals surface area contributed by atoms with Crippen LogP contribution in [0.1, 0.15) is 0 Å². The summed E-state index contributed by atoms with van der Waals surface area (Å²) in [6.07, 6.45) is 0. The van der Waals surface area contributed by atoms with Gasteiger partial charge >= 0.3 is 0 Å². The SMILES string of the molecule is O=S1c2cccc3cccc1c23. The van der Waals surface area contributed by atoms with Gasteiger partial charge in [-0.25, -0.2) is 4.21 Å². The fourth-order valence-electron chi connectivity index (χ4n) is 1.65. The fraction of sp³-hybridized carbons (Fsp3) is 0. The van der Waals surface area contributed by atoms with E-state index < -0.39 is 10.8 Å². The van der Waals surface area contributed by atoms with E-state index in [2.05, 4.69) is 12.1 Å². The Morgan fingerprint density at radius 2 is 1.50 bits per heavy atom. The molecule has 2 heteroatoms.